The average molecular weight is 247 g/mol. The Labute approximate surface area is 108 Å². The molecule has 0 aromatic heterocycles. The molecule has 98 valence electrons. The molecule has 0 saturated heterocycles. The lowest BCUT2D eigenvalue weighted by Gasteiger charge is -2.25. The monoisotopic (exact) mass is 247 g/mol. The molecule has 1 amide bonds. The van der Waals surface area contributed by atoms with E-state index in [1.807, 2.05) is 12.1 Å². The molecule has 2 rings (SSSR count). The standard InChI is InChI=1S/C14H21N3O/c1-2-7-17(9-10-3-4-10)11-5-6-13(15)12(8-11)14(16)18/h5-6,8,10H,2-4,7,9,15H2,1H3,(H2,16,18). The first-order valence-electron chi connectivity index (χ1n) is 6.56. The zero-order valence-corrected chi connectivity index (χ0v) is 10.9. The molecule has 0 radical (unpaired) electrons. The van der Waals surface area contributed by atoms with E-state index in [1.54, 1.807) is 6.07 Å². The van der Waals surface area contributed by atoms with Gasteiger partial charge in [0.15, 0.2) is 0 Å². The molecular weight excluding hydrogens is 226 g/mol. The van der Waals surface area contributed by atoms with Gasteiger partial charge in [-0.15, -0.1) is 0 Å². The van der Waals surface area contributed by atoms with E-state index >= 15 is 0 Å². The largest absolute Gasteiger partial charge is 0.398 e. The Morgan fingerprint density at radius 1 is 1.44 bits per heavy atom. The summed E-state index contributed by atoms with van der Waals surface area (Å²) in [6, 6.07) is 5.56. The third kappa shape index (κ3) is 2.94. The van der Waals surface area contributed by atoms with Gasteiger partial charge in [0, 0.05) is 24.5 Å². The fourth-order valence-electron chi connectivity index (χ4n) is 2.16. The molecule has 1 aliphatic carbocycles. The number of nitrogens with zero attached hydrogens (tertiary/aromatic N) is 1. The van der Waals surface area contributed by atoms with Crippen molar-refractivity contribution in [1.29, 1.82) is 0 Å². The minimum absolute atomic E-state index is 0.421. The van der Waals surface area contributed by atoms with Gasteiger partial charge >= 0.3 is 0 Å². The predicted octanol–water partition coefficient (Wildman–Crippen LogP) is 1.99. The Hall–Kier alpha value is -1.71. The van der Waals surface area contributed by atoms with Crippen molar-refractivity contribution < 1.29 is 4.79 Å². The summed E-state index contributed by atoms with van der Waals surface area (Å²) in [6.07, 6.45) is 3.72. The second-order valence-electron chi connectivity index (χ2n) is 5.03. The molecule has 1 aliphatic rings. The number of amides is 1. The molecule has 0 unspecified atom stereocenters. The van der Waals surface area contributed by atoms with Crippen molar-refractivity contribution in [3.63, 3.8) is 0 Å². The predicted molar refractivity (Wildman–Crippen MR) is 74.6 cm³/mol. The lowest BCUT2D eigenvalue weighted by atomic mass is 10.1. The quantitative estimate of drug-likeness (QED) is 0.755. The van der Waals surface area contributed by atoms with Gasteiger partial charge in [-0.05, 0) is 43.4 Å². The summed E-state index contributed by atoms with van der Waals surface area (Å²) in [4.78, 5) is 13.6. The normalized spacial score (nSPS) is 14.5. The summed E-state index contributed by atoms with van der Waals surface area (Å²) >= 11 is 0. The number of hydrogen-bond donors (Lipinski definition) is 2. The third-order valence-electron chi connectivity index (χ3n) is 3.34. The van der Waals surface area contributed by atoms with Crippen molar-refractivity contribution in [3.05, 3.63) is 23.8 Å². The van der Waals surface area contributed by atoms with Crippen LogP contribution in [0.2, 0.25) is 0 Å². The molecule has 1 fully saturated rings. The molecule has 1 saturated carbocycles. The first-order chi connectivity index (χ1) is 8.61. The summed E-state index contributed by atoms with van der Waals surface area (Å²) < 4.78 is 0. The highest BCUT2D eigenvalue weighted by Crippen LogP contribution is 2.32. The molecule has 0 aliphatic heterocycles. The number of primary amides is 1. The average Bonchev–Trinajstić information content (AvgIpc) is 3.13. The van der Waals surface area contributed by atoms with E-state index in [1.165, 1.54) is 12.8 Å². The smallest absolute Gasteiger partial charge is 0.250 e. The van der Waals surface area contributed by atoms with E-state index in [0.29, 0.717) is 11.3 Å². The highest BCUT2D eigenvalue weighted by atomic mass is 16.1. The second kappa shape index (κ2) is 5.29. The van der Waals surface area contributed by atoms with Crippen LogP contribution in [0.3, 0.4) is 0 Å². The van der Waals surface area contributed by atoms with Gasteiger partial charge in [-0.1, -0.05) is 6.92 Å². The lowest BCUT2D eigenvalue weighted by molar-refractivity contribution is 0.100. The van der Waals surface area contributed by atoms with Gasteiger partial charge in [-0.3, -0.25) is 4.79 Å². The Kier molecular flexibility index (Phi) is 3.75. The van der Waals surface area contributed by atoms with Gasteiger partial charge in [0.25, 0.3) is 5.91 Å². The molecule has 4 N–H and O–H groups in total. The molecule has 0 atom stereocenters. The van der Waals surface area contributed by atoms with Gasteiger partial charge < -0.3 is 16.4 Å². The number of rotatable bonds is 6. The van der Waals surface area contributed by atoms with Crippen LogP contribution in [0.1, 0.15) is 36.5 Å². The van der Waals surface area contributed by atoms with Crippen molar-refractivity contribution >= 4 is 17.3 Å². The molecule has 4 nitrogen and oxygen atoms in total. The number of nitrogens with two attached hydrogens (primary N) is 2. The van der Waals surface area contributed by atoms with Crippen LogP contribution in [0.25, 0.3) is 0 Å². The zero-order valence-electron chi connectivity index (χ0n) is 10.9. The minimum atomic E-state index is -0.461. The van der Waals surface area contributed by atoms with Crippen molar-refractivity contribution in [2.24, 2.45) is 11.7 Å². The highest BCUT2D eigenvalue weighted by molar-refractivity contribution is 5.99. The Bertz CT molecular complexity index is 441. The summed E-state index contributed by atoms with van der Waals surface area (Å²) in [5.74, 6) is 0.350. The number of benzene rings is 1. The van der Waals surface area contributed by atoms with Crippen molar-refractivity contribution in [3.8, 4) is 0 Å². The third-order valence-corrected chi connectivity index (χ3v) is 3.34. The minimum Gasteiger partial charge on any atom is -0.398 e. The number of carbonyl (C=O) groups is 1. The Morgan fingerprint density at radius 3 is 2.72 bits per heavy atom. The fourth-order valence-corrected chi connectivity index (χ4v) is 2.16. The van der Waals surface area contributed by atoms with E-state index in [4.69, 9.17) is 11.5 Å². The second-order valence-corrected chi connectivity index (χ2v) is 5.03. The number of nitrogen functional groups attached to an aromatic ring is 1. The maximum atomic E-state index is 11.3. The van der Waals surface area contributed by atoms with Crippen LogP contribution in [0.15, 0.2) is 18.2 Å². The van der Waals surface area contributed by atoms with E-state index in [2.05, 4.69) is 11.8 Å². The topological polar surface area (TPSA) is 72.3 Å². The Morgan fingerprint density at radius 2 is 2.17 bits per heavy atom. The summed E-state index contributed by atoms with van der Waals surface area (Å²) in [5.41, 5.74) is 13.0. The van der Waals surface area contributed by atoms with Gasteiger partial charge in [0.05, 0.1) is 5.56 Å². The van der Waals surface area contributed by atoms with Gasteiger partial charge in [-0.2, -0.15) is 0 Å². The van der Waals surface area contributed by atoms with E-state index < -0.39 is 5.91 Å². The molecule has 0 bridgehead atoms. The van der Waals surface area contributed by atoms with Gasteiger partial charge in [-0.25, -0.2) is 0 Å². The zero-order chi connectivity index (χ0) is 13.1. The van der Waals surface area contributed by atoms with Gasteiger partial charge in [0.2, 0.25) is 0 Å². The van der Waals surface area contributed by atoms with E-state index in [9.17, 15) is 4.79 Å². The SMILES string of the molecule is CCCN(CC1CC1)c1ccc(N)c(C(N)=O)c1. The number of hydrogen-bond acceptors (Lipinski definition) is 3. The van der Waals surface area contributed by atoms with Gasteiger partial charge in [0.1, 0.15) is 0 Å². The molecule has 1 aromatic rings. The van der Waals surface area contributed by atoms with Crippen LogP contribution in [-0.4, -0.2) is 19.0 Å². The van der Waals surface area contributed by atoms with Crippen LogP contribution >= 0.6 is 0 Å². The molecular formula is C14H21N3O. The molecule has 0 heterocycles. The molecule has 1 aromatic carbocycles. The van der Waals surface area contributed by atoms with Crippen LogP contribution in [0.5, 0.6) is 0 Å². The number of anilines is 2. The van der Waals surface area contributed by atoms with Crippen molar-refractivity contribution in [1.82, 2.24) is 0 Å². The summed E-state index contributed by atoms with van der Waals surface area (Å²) in [7, 11) is 0. The first-order valence-corrected chi connectivity index (χ1v) is 6.56. The maximum absolute atomic E-state index is 11.3. The fraction of sp³-hybridized carbons (Fsp3) is 0.500. The summed E-state index contributed by atoms with van der Waals surface area (Å²) in [5, 5.41) is 0. The van der Waals surface area contributed by atoms with Crippen LogP contribution in [0.4, 0.5) is 11.4 Å². The van der Waals surface area contributed by atoms with Crippen LogP contribution in [-0.2, 0) is 0 Å². The van der Waals surface area contributed by atoms with E-state index in [0.717, 1.165) is 31.1 Å². The molecule has 0 spiro atoms. The van der Waals surface area contributed by atoms with Crippen molar-refractivity contribution in [2.45, 2.75) is 26.2 Å². The lowest BCUT2D eigenvalue weighted by Crippen LogP contribution is -2.27. The summed E-state index contributed by atoms with van der Waals surface area (Å²) in [6.45, 7) is 4.22. The van der Waals surface area contributed by atoms with Crippen LogP contribution in [0, 0.1) is 5.92 Å². The Balaban J connectivity index is 2.22. The molecule has 18 heavy (non-hydrogen) atoms. The van der Waals surface area contributed by atoms with Crippen molar-refractivity contribution in [2.75, 3.05) is 23.7 Å². The molecule has 4 heteroatoms. The number of carbonyl (C=O) groups excluding carboxylic acids is 1. The van der Waals surface area contributed by atoms with Crippen LogP contribution < -0.4 is 16.4 Å². The van der Waals surface area contributed by atoms with E-state index in [-0.39, 0.29) is 0 Å². The first kappa shape index (κ1) is 12.7. The highest BCUT2D eigenvalue weighted by Gasteiger charge is 2.24. The maximum Gasteiger partial charge on any atom is 0.250 e.